The van der Waals surface area contributed by atoms with Crippen LogP contribution in [0.15, 0.2) is 0 Å². The minimum atomic E-state index is -4.40. The van der Waals surface area contributed by atoms with E-state index < -0.39 is 10.3 Å². The van der Waals surface area contributed by atoms with Crippen LogP contribution >= 0.6 is 11.8 Å². The maximum atomic E-state index is 9.20. The molecule has 0 aliphatic rings. The summed E-state index contributed by atoms with van der Waals surface area (Å²) in [6, 6.07) is 0. The van der Waals surface area contributed by atoms with Crippen molar-refractivity contribution in [2.24, 2.45) is 0 Å². The molecule has 0 bridgehead atoms. The fraction of sp³-hybridized carbons (Fsp3) is 0. The van der Waals surface area contributed by atoms with Crippen molar-refractivity contribution in [3.63, 3.8) is 0 Å². The zero-order valence-electron chi connectivity index (χ0n) is 3.51. The molecule has 0 aliphatic carbocycles. The van der Waals surface area contributed by atoms with Crippen molar-refractivity contribution in [3.8, 4) is 0 Å². The minimum Gasteiger partial charge on any atom is -0.735 e. The van der Waals surface area contributed by atoms with Crippen molar-refractivity contribution >= 4 is 22.1 Å². The van der Waals surface area contributed by atoms with E-state index in [0.29, 0.717) is 0 Å². The monoisotopic (exact) mass is 137 g/mol. The zero-order chi connectivity index (χ0) is 5.21. The van der Waals surface area contributed by atoms with Crippen LogP contribution in [-0.2, 0) is 10.3 Å². The van der Waals surface area contributed by atoms with Crippen molar-refractivity contribution in [1.29, 1.82) is 0 Å². The van der Waals surface area contributed by atoms with Gasteiger partial charge in [0.1, 0.15) is 0 Å². The Morgan fingerprint density at radius 3 is 1.71 bits per heavy atom. The molecule has 0 aromatic rings. The van der Waals surface area contributed by atoms with Crippen LogP contribution in [0.1, 0.15) is 0 Å². The Kier molecular flexibility index (Phi) is 5.68. The van der Waals surface area contributed by atoms with Crippen LogP contribution in [0.25, 0.3) is 0 Å². The Morgan fingerprint density at radius 1 is 1.57 bits per heavy atom. The van der Waals surface area contributed by atoms with Gasteiger partial charge in [-0.25, -0.2) is 8.42 Å². The smallest absolute Gasteiger partial charge is 0.735 e. The van der Waals surface area contributed by atoms with E-state index in [2.05, 4.69) is 11.8 Å². The number of hydrogen-bond acceptors (Lipinski definition) is 3. The Morgan fingerprint density at radius 2 is 1.71 bits per heavy atom. The van der Waals surface area contributed by atoms with Crippen LogP contribution in [0.5, 0.6) is 0 Å². The molecule has 0 spiro atoms. The van der Waals surface area contributed by atoms with Gasteiger partial charge in [-0.15, -0.1) is 4.24 Å². The van der Waals surface area contributed by atoms with Gasteiger partial charge in [0.2, 0.25) is 0 Å². The number of nitrogens with one attached hydrogen (secondary N) is 1. The third kappa shape index (κ3) is 10.8. The molecular formula is HClLiNO3S. The quantitative estimate of drug-likeness (QED) is 0.229. The van der Waals surface area contributed by atoms with Gasteiger partial charge in [-0.05, 0) is 11.8 Å². The van der Waals surface area contributed by atoms with E-state index in [1.807, 2.05) is 0 Å². The average Bonchev–Trinajstić information content (AvgIpc) is 1.35. The summed E-state index contributed by atoms with van der Waals surface area (Å²) in [5.41, 5.74) is 0. The normalized spacial score (nSPS) is 10.0. The molecule has 0 heterocycles. The van der Waals surface area contributed by atoms with Crippen molar-refractivity contribution in [2.45, 2.75) is 0 Å². The molecule has 0 unspecified atom stereocenters. The van der Waals surface area contributed by atoms with E-state index in [-0.39, 0.29) is 18.9 Å². The molecule has 38 valence electrons. The van der Waals surface area contributed by atoms with E-state index in [1.165, 1.54) is 0 Å². The van der Waals surface area contributed by atoms with Gasteiger partial charge in [0.25, 0.3) is 0 Å². The minimum absolute atomic E-state index is 0. The van der Waals surface area contributed by atoms with Gasteiger partial charge in [-0.1, -0.05) is 0 Å². The molecule has 0 atom stereocenters. The molecular weight excluding hydrogens is 136 g/mol. The van der Waals surface area contributed by atoms with Crippen LogP contribution < -0.4 is 23.1 Å². The topological polar surface area (TPSA) is 69.2 Å². The first kappa shape index (κ1) is 10.7. The first-order valence-electron chi connectivity index (χ1n) is 0.893. The van der Waals surface area contributed by atoms with Crippen LogP contribution in [-0.4, -0.2) is 13.0 Å². The van der Waals surface area contributed by atoms with E-state index in [0.717, 1.165) is 4.24 Å². The predicted molar refractivity (Wildman–Crippen MR) is 18.7 cm³/mol. The Labute approximate surface area is 58.4 Å². The Balaban J connectivity index is 0. The second-order valence-corrected chi connectivity index (χ2v) is 2.06. The van der Waals surface area contributed by atoms with Gasteiger partial charge >= 0.3 is 18.9 Å². The molecule has 0 radical (unpaired) electrons. The fourth-order valence-electron chi connectivity index (χ4n) is 0. The SMILES string of the molecule is O=S(=O)([O-])NCl.[Li+]. The third-order valence-corrected chi connectivity index (χ3v) is 0.850. The van der Waals surface area contributed by atoms with Gasteiger partial charge in [0.15, 0.2) is 10.3 Å². The maximum absolute atomic E-state index is 9.20. The van der Waals surface area contributed by atoms with Gasteiger partial charge in [0.05, 0.1) is 0 Å². The van der Waals surface area contributed by atoms with E-state index in [1.54, 1.807) is 0 Å². The summed E-state index contributed by atoms with van der Waals surface area (Å²) in [7, 11) is -4.40. The van der Waals surface area contributed by atoms with Crippen molar-refractivity contribution < 1.29 is 31.8 Å². The molecule has 7 heavy (non-hydrogen) atoms. The molecule has 0 saturated heterocycles. The summed E-state index contributed by atoms with van der Waals surface area (Å²) in [5, 5.41) is 0. The van der Waals surface area contributed by atoms with Gasteiger partial charge in [0, 0.05) is 0 Å². The molecule has 0 fully saturated rings. The predicted octanol–water partition coefficient (Wildman–Crippen LogP) is -3.81. The largest absolute Gasteiger partial charge is 1.00 e. The fourth-order valence-corrected chi connectivity index (χ4v) is 0. The second kappa shape index (κ2) is 3.72. The average molecular weight is 137 g/mol. The van der Waals surface area contributed by atoms with Crippen LogP contribution in [0, 0.1) is 0 Å². The van der Waals surface area contributed by atoms with Crippen LogP contribution in [0.4, 0.5) is 0 Å². The second-order valence-electron chi connectivity index (χ2n) is 0.531. The third-order valence-electron chi connectivity index (χ3n) is 0.0945. The summed E-state index contributed by atoms with van der Waals surface area (Å²) >= 11 is 4.33. The Hall–Kier alpha value is 0.757. The molecule has 4 nitrogen and oxygen atoms in total. The molecule has 0 amide bonds. The summed E-state index contributed by atoms with van der Waals surface area (Å²) in [5.74, 6) is 0. The van der Waals surface area contributed by atoms with Crippen LogP contribution in [0.3, 0.4) is 0 Å². The molecule has 0 aliphatic heterocycles. The van der Waals surface area contributed by atoms with Gasteiger partial charge < -0.3 is 4.55 Å². The summed E-state index contributed by atoms with van der Waals surface area (Å²) in [6.07, 6.45) is 0. The molecule has 0 saturated carbocycles. The Bertz CT molecular complexity index is 117. The summed E-state index contributed by atoms with van der Waals surface area (Å²) < 4.78 is 28.6. The van der Waals surface area contributed by atoms with E-state index >= 15 is 0 Å². The zero-order valence-corrected chi connectivity index (χ0v) is 5.08. The number of rotatable bonds is 1. The van der Waals surface area contributed by atoms with Gasteiger partial charge in [-0.2, -0.15) is 0 Å². The number of hydrogen-bond donors (Lipinski definition) is 1. The number of halogens is 1. The standard InChI is InChI=1S/ClH2NO3S.Li/c1-2-6(3,4)5;/h2H,(H,3,4,5);/q;+1/p-1. The summed E-state index contributed by atoms with van der Waals surface area (Å²) in [6.45, 7) is 0. The molecule has 1 N–H and O–H groups in total. The van der Waals surface area contributed by atoms with Gasteiger partial charge in [-0.3, -0.25) is 0 Å². The van der Waals surface area contributed by atoms with Crippen molar-refractivity contribution in [2.75, 3.05) is 0 Å². The van der Waals surface area contributed by atoms with Crippen molar-refractivity contribution in [3.05, 3.63) is 0 Å². The molecule has 0 aromatic heterocycles. The van der Waals surface area contributed by atoms with E-state index in [9.17, 15) is 13.0 Å². The first-order valence-corrected chi connectivity index (χ1v) is 2.68. The first-order chi connectivity index (χ1) is 2.56. The molecule has 0 rings (SSSR count). The van der Waals surface area contributed by atoms with E-state index in [4.69, 9.17) is 0 Å². The van der Waals surface area contributed by atoms with Crippen molar-refractivity contribution in [1.82, 2.24) is 4.24 Å². The maximum Gasteiger partial charge on any atom is 1.00 e. The summed E-state index contributed by atoms with van der Waals surface area (Å²) in [4.78, 5) is 0. The van der Waals surface area contributed by atoms with Crippen LogP contribution in [0.2, 0.25) is 0 Å². The molecule has 0 aromatic carbocycles. The molecule has 7 heteroatoms.